The molecule has 3 aromatic rings. The lowest BCUT2D eigenvalue weighted by atomic mass is 10.1. The molecule has 104 valence electrons. The zero-order valence-corrected chi connectivity index (χ0v) is 12.6. The first-order valence-corrected chi connectivity index (χ1v) is 7.30. The number of aryl methyl sites for hydroxylation is 1. The topological polar surface area (TPSA) is 3.24 Å². The third kappa shape index (κ3) is 2.93. The van der Waals surface area contributed by atoms with E-state index in [-0.39, 0.29) is 0 Å². The van der Waals surface area contributed by atoms with E-state index in [2.05, 4.69) is 48.2 Å². The maximum absolute atomic E-state index is 6.41. The van der Waals surface area contributed by atoms with Crippen molar-refractivity contribution in [3.8, 4) is 0 Å². The number of benzene rings is 3. The fourth-order valence-corrected chi connectivity index (χ4v) is 2.55. The summed E-state index contributed by atoms with van der Waals surface area (Å²) in [5.74, 6) is 0. The summed E-state index contributed by atoms with van der Waals surface area (Å²) in [7, 11) is 0. The molecule has 0 saturated heterocycles. The minimum absolute atomic E-state index is 0.738. The Kier molecular flexibility index (Phi) is 3.94. The molecule has 0 radical (unpaired) electrons. The molecule has 0 bridgehead atoms. The van der Waals surface area contributed by atoms with Crippen molar-refractivity contribution in [2.24, 2.45) is 0 Å². The molecule has 0 aromatic heterocycles. The third-order valence-electron chi connectivity index (χ3n) is 3.40. The summed E-state index contributed by atoms with van der Waals surface area (Å²) in [6.07, 6.45) is 0. The van der Waals surface area contributed by atoms with Crippen LogP contribution in [0.5, 0.6) is 0 Å². The molecule has 2 heteroatoms. The van der Waals surface area contributed by atoms with Gasteiger partial charge in [-0.05, 0) is 43.3 Å². The summed E-state index contributed by atoms with van der Waals surface area (Å²) >= 11 is 6.41. The Labute approximate surface area is 130 Å². The highest BCUT2D eigenvalue weighted by Crippen LogP contribution is 2.38. The van der Waals surface area contributed by atoms with Crippen molar-refractivity contribution in [1.29, 1.82) is 0 Å². The first-order chi connectivity index (χ1) is 10.3. The standard InChI is InChI=1S/C19H16ClN/c1-15-11-13-17(14-12-15)21(16-7-3-2-4-8-16)19-10-6-5-9-18(19)20/h2-14H,1H3. The first-order valence-electron chi connectivity index (χ1n) is 6.92. The molecule has 21 heavy (non-hydrogen) atoms. The molecule has 0 aliphatic rings. The second-order valence-corrected chi connectivity index (χ2v) is 5.37. The molecule has 1 nitrogen and oxygen atoms in total. The average molecular weight is 294 g/mol. The van der Waals surface area contributed by atoms with Gasteiger partial charge in [0.2, 0.25) is 0 Å². The van der Waals surface area contributed by atoms with Gasteiger partial charge in [-0.1, -0.05) is 59.6 Å². The van der Waals surface area contributed by atoms with Gasteiger partial charge in [-0.25, -0.2) is 0 Å². The lowest BCUT2D eigenvalue weighted by Gasteiger charge is -2.26. The van der Waals surface area contributed by atoms with Crippen LogP contribution in [0.2, 0.25) is 5.02 Å². The Bertz CT molecular complexity index is 720. The zero-order chi connectivity index (χ0) is 14.7. The van der Waals surface area contributed by atoms with Crippen LogP contribution in [0.25, 0.3) is 0 Å². The summed E-state index contributed by atoms with van der Waals surface area (Å²) in [4.78, 5) is 2.17. The Balaban J connectivity index is 2.16. The van der Waals surface area contributed by atoms with E-state index in [0.717, 1.165) is 22.1 Å². The molecule has 0 spiro atoms. The van der Waals surface area contributed by atoms with E-state index in [9.17, 15) is 0 Å². The maximum Gasteiger partial charge on any atom is 0.0647 e. The third-order valence-corrected chi connectivity index (χ3v) is 3.72. The minimum atomic E-state index is 0.738. The average Bonchev–Trinajstić information content (AvgIpc) is 2.52. The predicted molar refractivity (Wildman–Crippen MR) is 90.9 cm³/mol. The largest absolute Gasteiger partial charge is 0.309 e. The van der Waals surface area contributed by atoms with Gasteiger partial charge in [0.1, 0.15) is 0 Å². The molecule has 0 heterocycles. The number of anilines is 3. The van der Waals surface area contributed by atoms with Crippen LogP contribution in [0.15, 0.2) is 78.9 Å². The molecule has 0 aliphatic carbocycles. The normalized spacial score (nSPS) is 10.4. The van der Waals surface area contributed by atoms with Gasteiger partial charge in [-0.15, -0.1) is 0 Å². The van der Waals surface area contributed by atoms with Crippen molar-refractivity contribution in [2.45, 2.75) is 6.92 Å². The van der Waals surface area contributed by atoms with Gasteiger partial charge in [-0.3, -0.25) is 0 Å². The minimum Gasteiger partial charge on any atom is -0.309 e. The molecule has 0 amide bonds. The fourth-order valence-electron chi connectivity index (χ4n) is 2.33. The Morgan fingerprint density at radius 1 is 0.667 bits per heavy atom. The summed E-state index contributed by atoms with van der Waals surface area (Å²) in [6.45, 7) is 2.09. The van der Waals surface area contributed by atoms with Crippen LogP contribution in [0.3, 0.4) is 0 Å². The molecule has 0 unspecified atom stereocenters. The van der Waals surface area contributed by atoms with Crippen molar-refractivity contribution in [3.05, 3.63) is 89.4 Å². The quantitative estimate of drug-likeness (QED) is 0.562. The van der Waals surface area contributed by atoms with Crippen LogP contribution in [0.4, 0.5) is 17.1 Å². The van der Waals surface area contributed by atoms with Gasteiger partial charge in [0, 0.05) is 11.4 Å². The van der Waals surface area contributed by atoms with E-state index in [1.807, 2.05) is 42.5 Å². The summed E-state index contributed by atoms with van der Waals surface area (Å²) < 4.78 is 0. The van der Waals surface area contributed by atoms with E-state index in [0.29, 0.717) is 0 Å². The van der Waals surface area contributed by atoms with Crippen LogP contribution in [-0.4, -0.2) is 0 Å². The molecular formula is C19H16ClN. The van der Waals surface area contributed by atoms with Gasteiger partial charge in [0.25, 0.3) is 0 Å². The SMILES string of the molecule is Cc1ccc(N(c2ccccc2)c2ccccc2Cl)cc1. The van der Waals surface area contributed by atoms with Gasteiger partial charge in [0.05, 0.1) is 10.7 Å². The van der Waals surface area contributed by atoms with Gasteiger partial charge in [0.15, 0.2) is 0 Å². The highest BCUT2D eigenvalue weighted by molar-refractivity contribution is 6.33. The molecule has 0 aliphatic heterocycles. The Morgan fingerprint density at radius 3 is 1.90 bits per heavy atom. The molecule has 3 rings (SSSR count). The van der Waals surface area contributed by atoms with E-state index in [4.69, 9.17) is 11.6 Å². The number of halogens is 1. The number of para-hydroxylation sites is 2. The van der Waals surface area contributed by atoms with Gasteiger partial charge in [-0.2, -0.15) is 0 Å². The lowest BCUT2D eigenvalue weighted by Crippen LogP contribution is -2.10. The number of nitrogens with zero attached hydrogens (tertiary/aromatic N) is 1. The van der Waals surface area contributed by atoms with Crippen molar-refractivity contribution in [2.75, 3.05) is 4.90 Å². The molecule has 0 fully saturated rings. The van der Waals surface area contributed by atoms with Crippen molar-refractivity contribution < 1.29 is 0 Å². The van der Waals surface area contributed by atoms with E-state index in [1.54, 1.807) is 0 Å². The zero-order valence-electron chi connectivity index (χ0n) is 11.8. The molecule has 0 atom stereocenters. The first kappa shape index (κ1) is 13.7. The summed E-state index contributed by atoms with van der Waals surface area (Å²) in [5, 5.41) is 0.738. The second-order valence-electron chi connectivity index (χ2n) is 4.96. The fraction of sp³-hybridized carbons (Fsp3) is 0.0526. The number of rotatable bonds is 3. The van der Waals surface area contributed by atoms with Crippen molar-refractivity contribution in [3.63, 3.8) is 0 Å². The van der Waals surface area contributed by atoms with E-state index >= 15 is 0 Å². The Hall–Kier alpha value is -2.25. The van der Waals surface area contributed by atoms with Crippen LogP contribution >= 0.6 is 11.6 Å². The number of hydrogen-bond acceptors (Lipinski definition) is 1. The predicted octanol–water partition coefficient (Wildman–Crippen LogP) is 6.12. The smallest absolute Gasteiger partial charge is 0.0647 e. The molecule has 0 saturated carbocycles. The highest BCUT2D eigenvalue weighted by Gasteiger charge is 2.14. The highest BCUT2D eigenvalue weighted by atomic mass is 35.5. The molecular weight excluding hydrogens is 278 g/mol. The van der Waals surface area contributed by atoms with Gasteiger partial charge < -0.3 is 4.90 Å². The second kappa shape index (κ2) is 6.02. The van der Waals surface area contributed by atoms with Gasteiger partial charge >= 0.3 is 0 Å². The molecule has 3 aromatic carbocycles. The number of hydrogen-bond donors (Lipinski definition) is 0. The van der Waals surface area contributed by atoms with Crippen molar-refractivity contribution in [1.82, 2.24) is 0 Å². The van der Waals surface area contributed by atoms with Crippen LogP contribution < -0.4 is 4.90 Å². The van der Waals surface area contributed by atoms with E-state index < -0.39 is 0 Å². The summed E-state index contributed by atoms with van der Waals surface area (Å²) in [5.41, 5.74) is 4.41. The Morgan fingerprint density at radius 2 is 1.24 bits per heavy atom. The maximum atomic E-state index is 6.41. The van der Waals surface area contributed by atoms with Crippen LogP contribution in [-0.2, 0) is 0 Å². The van der Waals surface area contributed by atoms with Crippen LogP contribution in [0.1, 0.15) is 5.56 Å². The van der Waals surface area contributed by atoms with Crippen molar-refractivity contribution >= 4 is 28.7 Å². The monoisotopic (exact) mass is 293 g/mol. The lowest BCUT2D eigenvalue weighted by molar-refractivity contribution is 1.27. The van der Waals surface area contributed by atoms with E-state index in [1.165, 1.54) is 5.56 Å². The molecule has 0 N–H and O–H groups in total. The van der Waals surface area contributed by atoms with Crippen LogP contribution in [0, 0.1) is 6.92 Å². The summed E-state index contributed by atoms with van der Waals surface area (Å²) in [6, 6.07) is 26.6.